The molecule has 0 aliphatic carbocycles. The molecule has 0 saturated heterocycles. The van der Waals surface area contributed by atoms with E-state index < -0.39 is 26.2 Å². The smallest absolute Gasteiger partial charge is 0.313 e. The Bertz CT molecular complexity index is 763. The quantitative estimate of drug-likeness (QED) is 0.676. The number of aromatic amines is 2. The van der Waals surface area contributed by atoms with Gasteiger partial charge in [-0.05, 0) is 12.1 Å². The summed E-state index contributed by atoms with van der Waals surface area (Å²) in [5.74, 6) is 0.0723. The number of nitrogens with zero attached hydrogens (tertiary/aromatic N) is 1. The zero-order chi connectivity index (χ0) is 13.2. The largest absolute Gasteiger partial charge is 0.325 e. The van der Waals surface area contributed by atoms with E-state index in [0.717, 1.165) is 6.20 Å². The van der Waals surface area contributed by atoms with Crippen LogP contribution in [-0.4, -0.2) is 23.4 Å². The second kappa shape index (κ2) is 4.45. The predicted molar refractivity (Wildman–Crippen MR) is 62.7 cm³/mol. The summed E-state index contributed by atoms with van der Waals surface area (Å²) in [6, 6.07) is 4.63. The lowest BCUT2D eigenvalue weighted by atomic mass is 10.5. The zero-order valence-electron chi connectivity index (χ0n) is 8.88. The van der Waals surface area contributed by atoms with Crippen LogP contribution in [0.25, 0.3) is 0 Å². The molecule has 9 heteroatoms. The Morgan fingerprint density at radius 3 is 2.61 bits per heavy atom. The van der Waals surface area contributed by atoms with Crippen molar-refractivity contribution in [2.24, 2.45) is 0 Å². The number of H-pyrrole nitrogens is 2. The molecule has 0 saturated carbocycles. The third-order valence-electron chi connectivity index (χ3n) is 1.98. The molecule has 0 atom stereocenters. The zero-order valence-corrected chi connectivity index (χ0v) is 9.69. The summed E-state index contributed by atoms with van der Waals surface area (Å²) < 4.78 is 25.8. The maximum Gasteiger partial charge on any atom is 0.325 e. The van der Waals surface area contributed by atoms with Crippen molar-refractivity contribution in [3.63, 3.8) is 0 Å². The molecule has 3 N–H and O–H groups in total. The maximum absolute atomic E-state index is 11.8. The second-order valence-electron chi connectivity index (χ2n) is 3.26. The highest BCUT2D eigenvalue weighted by atomic mass is 32.2. The van der Waals surface area contributed by atoms with Crippen LogP contribution in [0, 0.1) is 0 Å². The third kappa shape index (κ3) is 2.46. The molecular formula is C9H8N4O4S. The lowest BCUT2D eigenvalue weighted by Gasteiger charge is -2.05. The minimum absolute atomic E-state index is 0.0723. The number of aromatic nitrogens is 3. The molecule has 2 aromatic heterocycles. The number of anilines is 1. The van der Waals surface area contributed by atoms with E-state index in [1.165, 1.54) is 12.3 Å². The van der Waals surface area contributed by atoms with E-state index in [-0.39, 0.29) is 5.82 Å². The monoisotopic (exact) mass is 268 g/mol. The summed E-state index contributed by atoms with van der Waals surface area (Å²) in [5.41, 5.74) is -1.78. The SMILES string of the molecule is O=c1[nH]cc(S(=O)(=O)Nc2ccccn2)c(=O)[nH]1. The molecule has 0 unspecified atom stereocenters. The van der Waals surface area contributed by atoms with Gasteiger partial charge in [0.15, 0.2) is 4.90 Å². The van der Waals surface area contributed by atoms with Crippen LogP contribution in [0.15, 0.2) is 45.1 Å². The van der Waals surface area contributed by atoms with Gasteiger partial charge in [-0.15, -0.1) is 0 Å². The van der Waals surface area contributed by atoms with Crippen molar-refractivity contribution in [3.05, 3.63) is 51.4 Å². The van der Waals surface area contributed by atoms with Crippen LogP contribution >= 0.6 is 0 Å². The number of pyridine rings is 1. The summed E-state index contributed by atoms with van der Waals surface area (Å²) in [6.45, 7) is 0. The molecule has 0 radical (unpaired) electrons. The van der Waals surface area contributed by atoms with Crippen LogP contribution in [0.3, 0.4) is 0 Å². The van der Waals surface area contributed by atoms with Gasteiger partial charge in [-0.2, -0.15) is 0 Å². The van der Waals surface area contributed by atoms with Gasteiger partial charge in [-0.25, -0.2) is 18.2 Å². The van der Waals surface area contributed by atoms with Crippen molar-refractivity contribution in [1.82, 2.24) is 15.0 Å². The van der Waals surface area contributed by atoms with E-state index >= 15 is 0 Å². The van der Waals surface area contributed by atoms with E-state index in [4.69, 9.17) is 0 Å². The lowest BCUT2D eigenvalue weighted by molar-refractivity contribution is 0.599. The number of hydrogen-bond donors (Lipinski definition) is 3. The molecule has 18 heavy (non-hydrogen) atoms. The van der Waals surface area contributed by atoms with Crippen LogP contribution in [0.4, 0.5) is 5.82 Å². The van der Waals surface area contributed by atoms with Gasteiger partial charge < -0.3 is 4.98 Å². The van der Waals surface area contributed by atoms with Crippen LogP contribution in [0.2, 0.25) is 0 Å². The molecule has 0 aliphatic heterocycles. The summed E-state index contributed by atoms with van der Waals surface area (Å²) in [4.78, 5) is 29.2. The molecule has 2 aromatic rings. The fourth-order valence-corrected chi connectivity index (χ4v) is 2.23. The normalized spacial score (nSPS) is 11.1. The average Bonchev–Trinajstić information content (AvgIpc) is 2.29. The highest BCUT2D eigenvalue weighted by molar-refractivity contribution is 7.92. The topological polar surface area (TPSA) is 125 Å². The van der Waals surface area contributed by atoms with Crippen LogP contribution in [-0.2, 0) is 10.0 Å². The molecular weight excluding hydrogens is 260 g/mol. The molecule has 0 aromatic carbocycles. The summed E-state index contributed by atoms with van der Waals surface area (Å²) in [6.07, 6.45) is 2.22. The van der Waals surface area contributed by atoms with Crippen LogP contribution in [0.1, 0.15) is 0 Å². The standard InChI is InChI=1S/C9H8N4O4S/c14-8-6(5-11-9(15)12-8)18(16,17)13-7-3-1-2-4-10-7/h1-5H,(H,10,13)(H2,11,12,14,15). The van der Waals surface area contributed by atoms with Crippen molar-refractivity contribution in [1.29, 1.82) is 0 Å². The van der Waals surface area contributed by atoms with E-state index in [1.807, 2.05) is 4.98 Å². The van der Waals surface area contributed by atoms with Crippen molar-refractivity contribution in [2.75, 3.05) is 4.72 Å². The molecule has 0 aliphatic rings. The number of sulfonamides is 1. The minimum atomic E-state index is -4.09. The maximum atomic E-state index is 11.8. The molecule has 0 fully saturated rings. The Labute approximate surface area is 101 Å². The fraction of sp³-hybridized carbons (Fsp3) is 0. The van der Waals surface area contributed by atoms with Crippen molar-refractivity contribution >= 4 is 15.8 Å². The first-order valence-electron chi connectivity index (χ1n) is 4.75. The molecule has 2 rings (SSSR count). The number of rotatable bonds is 3. The van der Waals surface area contributed by atoms with Gasteiger partial charge in [0.25, 0.3) is 15.6 Å². The van der Waals surface area contributed by atoms with Gasteiger partial charge >= 0.3 is 5.69 Å². The van der Waals surface area contributed by atoms with Crippen molar-refractivity contribution < 1.29 is 8.42 Å². The van der Waals surface area contributed by atoms with E-state index in [1.54, 1.807) is 12.1 Å². The molecule has 94 valence electrons. The van der Waals surface area contributed by atoms with Gasteiger partial charge in [0, 0.05) is 12.4 Å². The van der Waals surface area contributed by atoms with Crippen molar-refractivity contribution in [2.45, 2.75) is 4.90 Å². The predicted octanol–water partition coefficient (Wildman–Crippen LogP) is -0.741. The second-order valence-corrected chi connectivity index (χ2v) is 4.91. The minimum Gasteiger partial charge on any atom is -0.313 e. The van der Waals surface area contributed by atoms with E-state index in [0.29, 0.717) is 0 Å². The number of nitrogens with one attached hydrogen (secondary N) is 3. The Hall–Kier alpha value is -2.42. The first-order chi connectivity index (χ1) is 8.49. The molecule has 8 nitrogen and oxygen atoms in total. The average molecular weight is 268 g/mol. The fourth-order valence-electron chi connectivity index (χ4n) is 1.21. The third-order valence-corrected chi connectivity index (χ3v) is 3.34. The highest BCUT2D eigenvalue weighted by Crippen LogP contribution is 2.08. The van der Waals surface area contributed by atoms with Crippen LogP contribution < -0.4 is 16.0 Å². The summed E-state index contributed by atoms with van der Waals surface area (Å²) in [5, 5.41) is 0. The molecule has 0 bridgehead atoms. The Morgan fingerprint density at radius 1 is 1.22 bits per heavy atom. The van der Waals surface area contributed by atoms with E-state index in [2.05, 4.69) is 14.7 Å². The first kappa shape index (κ1) is 12.0. The molecule has 2 heterocycles. The first-order valence-corrected chi connectivity index (χ1v) is 6.23. The van der Waals surface area contributed by atoms with Crippen LogP contribution in [0.5, 0.6) is 0 Å². The van der Waals surface area contributed by atoms with Gasteiger partial charge in [0.1, 0.15) is 5.82 Å². The molecule has 0 amide bonds. The van der Waals surface area contributed by atoms with E-state index in [9.17, 15) is 18.0 Å². The Morgan fingerprint density at radius 2 is 2.00 bits per heavy atom. The Kier molecular flexibility index (Phi) is 2.98. The van der Waals surface area contributed by atoms with Gasteiger partial charge in [-0.3, -0.25) is 14.5 Å². The van der Waals surface area contributed by atoms with Crippen molar-refractivity contribution in [3.8, 4) is 0 Å². The summed E-state index contributed by atoms with van der Waals surface area (Å²) >= 11 is 0. The Balaban J connectivity index is 2.43. The molecule has 0 spiro atoms. The lowest BCUT2D eigenvalue weighted by Crippen LogP contribution is -2.29. The van der Waals surface area contributed by atoms with Gasteiger partial charge in [-0.1, -0.05) is 6.07 Å². The van der Waals surface area contributed by atoms with Gasteiger partial charge in [0.05, 0.1) is 0 Å². The summed E-state index contributed by atoms with van der Waals surface area (Å²) in [7, 11) is -4.09. The number of hydrogen-bond acceptors (Lipinski definition) is 5. The highest BCUT2D eigenvalue weighted by Gasteiger charge is 2.19. The van der Waals surface area contributed by atoms with Gasteiger partial charge in [0.2, 0.25) is 0 Å².